The van der Waals surface area contributed by atoms with Gasteiger partial charge < -0.3 is 9.64 Å². The molecule has 102 valence electrons. The first kappa shape index (κ1) is 18.4. The predicted octanol–water partition coefficient (Wildman–Crippen LogP) is 1.30. The number of alkyl halides is 2. The summed E-state index contributed by atoms with van der Waals surface area (Å²) < 4.78 is 26.8. The maximum absolute atomic E-state index is 11.4. The number of hydrogen-bond acceptors (Lipinski definition) is 2. The summed E-state index contributed by atoms with van der Waals surface area (Å²) in [6, 6.07) is 0. The van der Waals surface area contributed by atoms with E-state index in [0.29, 0.717) is 0 Å². The van der Waals surface area contributed by atoms with Crippen LogP contribution < -0.4 is 4.90 Å². The molecular formula is C12H24F2NO2+. The number of halogens is 2. The highest BCUT2D eigenvalue weighted by Gasteiger charge is 2.07. The van der Waals surface area contributed by atoms with E-state index in [1.54, 1.807) is 4.90 Å². The average Bonchev–Trinajstić information content (AvgIpc) is 2.28. The zero-order valence-electron chi connectivity index (χ0n) is 11.2. The summed E-state index contributed by atoms with van der Waals surface area (Å²) in [5.74, 6) is -0.777. The molecule has 1 N–H and O–H groups in total. The van der Waals surface area contributed by atoms with Gasteiger partial charge in [0.25, 0.3) is 6.43 Å². The van der Waals surface area contributed by atoms with Gasteiger partial charge in [-0.05, 0) is 27.7 Å². The lowest BCUT2D eigenvalue weighted by atomic mass is 10.4. The van der Waals surface area contributed by atoms with E-state index in [1.165, 1.54) is 26.6 Å². The van der Waals surface area contributed by atoms with Gasteiger partial charge in [0.2, 0.25) is 0 Å². The minimum atomic E-state index is -2.61. The van der Waals surface area contributed by atoms with E-state index in [1.807, 2.05) is 0 Å². The average molecular weight is 252 g/mol. The van der Waals surface area contributed by atoms with E-state index in [4.69, 9.17) is 0 Å². The lowest BCUT2D eigenvalue weighted by Gasteiger charge is -2.10. The summed E-state index contributed by atoms with van der Waals surface area (Å²) in [6.45, 7) is 14.2. The maximum atomic E-state index is 11.4. The molecule has 0 saturated heterocycles. The number of hydrogen-bond donors (Lipinski definition) is 1. The van der Waals surface area contributed by atoms with Gasteiger partial charge in [-0.2, -0.15) is 0 Å². The number of rotatable bonds is 6. The Morgan fingerprint density at radius 3 is 1.82 bits per heavy atom. The Morgan fingerprint density at radius 1 is 1.24 bits per heavy atom. The Kier molecular flexibility index (Phi) is 12.5. The van der Waals surface area contributed by atoms with Crippen LogP contribution >= 0.6 is 0 Å². The monoisotopic (exact) mass is 252 g/mol. The first-order valence-corrected chi connectivity index (χ1v) is 5.83. The molecular weight excluding hydrogens is 228 g/mol. The summed E-state index contributed by atoms with van der Waals surface area (Å²) in [4.78, 5) is 12.1. The molecule has 0 fully saturated rings. The topological polar surface area (TPSA) is 30.7 Å². The van der Waals surface area contributed by atoms with Crippen LogP contribution in [0.5, 0.6) is 0 Å². The Labute approximate surface area is 102 Å². The highest BCUT2D eigenvalue weighted by molar-refractivity contribution is 5.86. The van der Waals surface area contributed by atoms with Crippen molar-refractivity contribution in [3.63, 3.8) is 0 Å². The van der Waals surface area contributed by atoms with E-state index in [0.717, 1.165) is 0 Å². The van der Waals surface area contributed by atoms with Crippen LogP contribution in [0.4, 0.5) is 8.78 Å². The summed E-state index contributed by atoms with van der Waals surface area (Å²) >= 11 is 0. The quantitative estimate of drug-likeness (QED) is 0.570. The third kappa shape index (κ3) is 13.0. The molecule has 0 saturated carbocycles. The fraction of sp³-hybridized carbons (Fsp3) is 0.750. The molecule has 5 heteroatoms. The molecule has 0 heterocycles. The second-order valence-electron chi connectivity index (χ2n) is 3.58. The number of esters is 1. The molecule has 0 aromatic heterocycles. The molecule has 0 aliphatic heterocycles. The van der Waals surface area contributed by atoms with Crippen LogP contribution in [0, 0.1) is 0 Å². The third-order valence-corrected chi connectivity index (χ3v) is 2.19. The Balaban J connectivity index is 0. The van der Waals surface area contributed by atoms with E-state index in [9.17, 15) is 13.6 Å². The fourth-order valence-corrected chi connectivity index (χ4v) is 1.01. The van der Waals surface area contributed by atoms with Crippen LogP contribution in [0.1, 0.15) is 27.7 Å². The van der Waals surface area contributed by atoms with Gasteiger partial charge >= 0.3 is 5.97 Å². The molecule has 0 radical (unpaired) electrons. The standard InChI is InChI=1S/C6H8F2O2.C6H15N/c1-4(2)6(9)10-3-5(7)8;1-4-7(5-2)6-3/h5H,1,3H2,2H3;4-6H2,1-3H3/p+1. The van der Waals surface area contributed by atoms with E-state index >= 15 is 0 Å². The van der Waals surface area contributed by atoms with Crippen LogP contribution in [0.25, 0.3) is 0 Å². The van der Waals surface area contributed by atoms with Gasteiger partial charge in [0.15, 0.2) is 6.61 Å². The van der Waals surface area contributed by atoms with Crippen LogP contribution in [0.15, 0.2) is 12.2 Å². The first-order chi connectivity index (χ1) is 7.88. The van der Waals surface area contributed by atoms with E-state index in [-0.39, 0.29) is 5.57 Å². The van der Waals surface area contributed by atoms with Gasteiger partial charge in [-0.15, -0.1) is 0 Å². The Hall–Kier alpha value is -0.970. The summed E-state index contributed by atoms with van der Waals surface area (Å²) in [5.41, 5.74) is 0.126. The highest BCUT2D eigenvalue weighted by atomic mass is 19.3. The van der Waals surface area contributed by atoms with Crippen LogP contribution in [-0.4, -0.2) is 38.6 Å². The number of carbonyl (C=O) groups excluding carboxylic acids is 1. The van der Waals surface area contributed by atoms with Crippen molar-refractivity contribution in [1.29, 1.82) is 0 Å². The predicted molar refractivity (Wildman–Crippen MR) is 64.4 cm³/mol. The minimum absolute atomic E-state index is 0.126. The Morgan fingerprint density at radius 2 is 1.65 bits per heavy atom. The van der Waals surface area contributed by atoms with Crippen molar-refractivity contribution in [3.05, 3.63) is 12.2 Å². The second-order valence-corrected chi connectivity index (χ2v) is 3.58. The summed E-state index contributed by atoms with van der Waals surface area (Å²) in [6.07, 6.45) is -2.61. The van der Waals surface area contributed by atoms with Gasteiger partial charge in [-0.1, -0.05) is 6.58 Å². The molecule has 17 heavy (non-hydrogen) atoms. The molecule has 0 bridgehead atoms. The highest BCUT2D eigenvalue weighted by Crippen LogP contribution is 1.96. The zero-order chi connectivity index (χ0) is 13.8. The smallest absolute Gasteiger partial charge is 0.333 e. The van der Waals surface area contributed by atoms with Gasteiger partial charge in [-0.25, -0.2) is 13.6 Å². The number of carbonyl (C=O) groups is 1. The molecule has 0 aromatic rings. The van der Waals surface area contributed by atoms with Gasteiger partial charge in [0.1, 0.15) is 0 Å². The first-order valence-electron chi connectivity index (χ1n) is 5.83. The molecule has 0 atom stereocenters. The zero-order valence-corrected chi connectivity index (χ0v) is 11.2. The summed E-state index contributed by atoms with van der Waals surface area (Å²) in [5, 5.41) is 0. The fourth-order valence-electron chi connectivity index (χ4n) is 1.01. The maximum Gasteiger partial charge on any atom is 0.333 e. The van der Waals surface area contributed by atoms with Crippen molar-refractivity contribution in [2.75, 3.05) is 26.2 Å². The van der Waals surface area contributed by atoms with Crippen molar-refractivity contribution in [1.82, 2.24) is 0 Å². The summed E-state index contributed by atoms with van der Waals surface area (Å²) in [7, 11) is 0. The third-order valence-electron chi connectivity index (χ3n) is 2.19. The van der Waals surface area contributed by atoms with E-state index in [2.05, 4.69) is 32.1 Å². The molecule has 3 nitrogen and oxygen atoms in total. The molecule has 0 amide bonds. The lowest BCUT2D eigenvalue weighted by molar-refractivity contribution is -0.894. The number of ether oxygens (including phenoxy) is 1. The van der Waals surface area contributed by atoms with Gasteiger partial charge in [0, 0.05) is 5.57 Å². The van der Waals surface area contributed by atoms with Crippen LogP contribution in [-0.2, 0) is 9.53 Å². The molecule has 0 rings (SSSR count). The van der Waals surface area contributed by atoms with Crippen LogP contribution in [0.2, 0.25) is 0 Å². The number of quaternary nitrogens is 1. The van der Waals surface area contributed by atoms with Crippen molar-refractivity contribution in [2.45, 2.75) is 34.1 Å². The lowest BCUT2D eigenvalue weighted by Crippen LogP contribution is -3.11. The van der Waals surface area contributed by atoms with Crippen LogP contribution in [0.3, 0.4) is 0 Å². The van der Waals surface area contributed by atoms with Gasteiger partial charge in [-0.3, -0.25) is 0 Å². The minimum Gasteiger partial charge on any atom is -0.456 e. The molecule has 0 aliphatic carbocycles. The molecule has 0 unspecified atom stereocenters. The van der Waals surface area contributed by atoms with Crippen molar-refractivity contribution in [3.8, 4) is 0 Å². The van der Waals surface area contributed by atoms with Crippen molar-refractivity contribution < 1.29 is 23.2 Å². The largest absolute Gasteiger partial charge is 0.456 e. The molecule has 0 aromatic carbocycles. The van der Waals surface area contributed by atoms with Crippen molar-refractivity contribution in [2.24, 2.45) is 0 Å². The molecule has 0 aliphatic rings. The number of nitrogens with one attached hydrogen (secondary N) is 1. The van der Waals surface area contributed by atoms with Crippen molar-refractivity contribution >= 4 is 5.97 Å². The molecule has 0 spiro atoms. The Bertz CT molecular complexity index is 211. The second kappa shape index (κ2) is 11.5. The normalized spacial score (nSPS) is 9.88. The van der Waals surface area contributed by atoms with E-state index < -0.39 is 19.0 Å². The SMILES string of the molecule is C=C(C)C(=O)OCC(F)F.CC[NH+](CC)CC. The van der Waals surface area contributed by atoms with Gasteiger partial charge in [0.05, 0.1) is 19.6 Å².